The van der Waals surface area contributed by atoms with Gasteiger partial charge in [0.1, 0.15) is 11.5 Å². The first-order chi connectivity index (χ1) is 14.1. The van der Waals surface area contributed by atoms with Crippen molar-refractivity contribution in [2.75, 3.05) is 25.1 Å². The highest BCUT2D eigenvalue weighted by Gasteiger charge is 2.46. The van der Waals surface area contributed by atoms with Crippen molar-refractivity contribution in [3.8, 4) is 11.5 Å². The molecule has 29 heavy (non-hydrogen) atoms. The summed E-state index contributed by atoms with van der Waals surface area (Å²) in [4.78, 5) is 14.7. The molecule has 154 valence electrons. The molecule has 1 aliphatic heterocycles. The van der Waals surface area contributed by atoms with Crippen molar-refractivity contribution in [2.45, 2.75) is 31.4 Å². The second-order valence-corrected chi connectivity index (χ2v) is 7.48. The van der Waals surface area contributed by atoms with Crippen LogP contribution in [0.1, 0.15) is 24.3 Å². The standard InChI is InChI=1S/C22H24F2N2O3/c1-28-19-8-4-2-6-15(19)16-12-17(16)21(27)25-14-10-11-26(13-14)18-7-3-5-9-20(18)29-22(23)24/h2-9,14,16-17,22H,10-13H2,1H3,(H,25,27). The number of amides is 1. The Hall–Kier alpha value is -2.83. The minimum atomic E-state index is -2.86. The van der Waals surface area contributed by atoms with E-state index in [1.165, 1.54) is 6.07 Å². The third-order valence-electron chi connectivity index (χ3n) is 5.62. The number of nitrogens with one attached hydrogen (secondary N) is 1. The number of benzene rings is 2. The molecule has 2 aromatic rings. The minimum absolute atomic E-state index is 0.0129. The number of hydrogen-bond acceptors (Lipinski definition) is 4. The fourth-order valence-electron chi connectivity index (χ4n) is 4.12. The van der Waals surface area contributed by atoms with Gasteiger partial charge in [-0.15, -0.1) is 0 Å². The summed E-state index contributed by atoms with van der Waals surface area (Å²) in [5.74, 6) is 1.16. The van der Waals surface area contributed by atoms with E-state index in [2.05, 4.69) is 10.1 Å². The molecule has 3 atom stereocenters. The van der Waals surface area contributed by atoms with E-state index >= 15 is 0 Å². The molecule has 2 aromatic carbocycles. The van der Waals surface area contributed by atoms with Crippen molar-refractivity contribution in [1.82, 2.24) is 5.32 Å². The number of carbonyl (C=O) groups is 1. The predicted molar refractivity (Wildman–Crippen MR) is 106 cm³/mol. The van der Waals surface area contributed by atoms with Crippen LogP contribution in [0.5, 0.6) is 11.5 Å². The lowest BCUT2D eigenvalue weighted by molar-refractivity contribution is -0.123. The molecule has 1 heterocycles. The summed E-state index contributed by atoms with van der Waals surface area (Å²) in [5, 5.41) is 3.13. The van der Waals surface area contributed by atoms with E-state index in [9.17, 15) is 13.6 Å². The van der Waals surface area contributed by atoms with Crippen LogP contribution in [0.3, 0.4) is 0 Å². The quantitative estimate of drug-likeness (QED) is 0.766. The monoisotopic (exact) mass is 402 g/mol. The van der Waals surface area contributed by atoms with Crippen molar-refractivity contribution in [3.63, 3.8) is 0 Å². The highest BCUT2D eigenvalue weighted by molar-refractivity contribution is 5.83. The first-order valence-corrected chi connectivity index (χ1v) is 9.79. The van der Waals surface area contributed by atoms with Crippen LogP contribution in [-0.2, 0) is 4.79 Å². The van der Waals surface area contributed by atoms with Gasteiger partial charge in [0.2, 0.25) is 5.91 Å². The fourth-order valence-corrected chi connectivity index (χ4v) is 4.12. The summed E-state index contributed by atoms with van der Waals surface area (Å²) >= 11 is 0. The molecule has 0 radical (unpaired) electrons. The maximum absolute atomic E-state index is 12.7. The molecule has 4 rings (SSSR count). The molecular formula is C22H24F2N2O3. The summed E-state index contributed by atoms with van der Waals surface area (Å²) in [6.07, 6.45) is 1.58. The summed E-state index contributed by atoms with van der Waals surface area (Å²) < 4.78 is 35.4. The van der Waals surface area contributed by atoms with E-state index < -0.39 is 6.61 Å². The van der Waals surface area contributed by atoms with E-state index in [-0.39, 0.29) is 29.5 Å². The Labute approximate surface area is 168 Å². The van der Waals surface area contributed by atoms with Gasteiger partial charge in [-0.25, -0.2) is 0 Å². The van der Waals surface area contributed by atoms with E-state index in [0.29, 0.717) is 18.8 Å². The van der Waals surface area contributed by atoms with Gasteiger partial charge in [0, 0.05) is 25.0 Å². The number of alkyl halides is 2. The zero-order chi connectivity index (χ0) is 20.4. The lowest BCUT2D eigenvalue weighted by atomic mass is 10.1. The number of halogens is 2. The van der Waals surface area contributed by atoms with Crippen LogP contribution in [0, 0.1) is 5.92 Å². The van der Waals surface area contributed by atoms with Crippen molar-refractivity contribution in [2.24, 2.45) is 5.92 Å². The number of nitrogens with zero attached hydrogens (tertiary/aromatic N) is 1. The Kier molecular flexibility index (Phi) is 5.56. The number of para-hydroxylation sites is 3. The normalized spacial score (nSPS) is 23.2. The van der Waals surface area contributed by atoms with Gasteiger partial charge in [0.15, 0.2) is 0 Å². The van der Waals surface area contributed by atoms with Crippen molar-refractivity contribution in [3.05, 3.63) is 54.1 Å². The summed E-state index contributed by atoms with van der Waals surface area (Å²) in [6, 6.07) is 14.5. The predicted octanol–water partition coefficient (Wildman–Crippen LogP) is 3.80. The van der Waals surface area contributed by atoms with Crippen LogP contribution in [-0.4, -0.2) is 38.8 Å². The SMILES string of the molecule is COc1ccccc1C1CC1C(=O)NC1CCN(c2ccccc2OC(F)F)C1. The van der Waals surface area contributed by atoms with Crippen LogP contribution in [0.2, 0.25) is 0 Å². The number of methoxy groups -OCH3 is 1. The van der Waals surface area contributed by atoms with Crippen LogP contribution in [0.15, 0.2) is 48.5 Å². The summed E-state index contributed by atoms with van der Waals surface area (Å²) in [7, 11) is 1.64. The van der Waals surface area contributed by atoms with Crippen molar-refractivity contribution in [1.29, 1.82) is 0 Å². The minimum Gasteiger partial charge on any atom is -0.496 e. The molecule has 2 aliphatic rings. The van der Waals surface area contributed by atoms with Gasteiger partial charge in [-0.3, -0.25) is 4.79 Å². The zero-order valence-corrected chi connectivity index (χ0v) is 16.2. The lowest BCUT2D eigenvalue weighted by Crippen LogP contribution is -2.38. The molecule has 0 spiro atoms. The average Bonchev–Trinajstić information content (AvgIpc) is 3.39. The van der Waals surface area contributed by atoms with E-state index in [1.807, 2.05) is 29.2 Å². The number of anilines is 1. The molecule has 5 nitrogen and oxygen atoms in total. The molecule has 1 saturated heterocycles. The second-order valence-electron chi connectivity index (χ2n) is 7.48. The van der Waals surface area contributed by atoms with Gasteiger partial charge in [-0.2, -0.15) is 8.78 Å². The van der Waals surface area contributed by atoms with E-state index in [4.69, 9.17) is 4.74 Å². The Morgan fingerprint density at radius 1 is 1.14 bits per heavy atom. The Balaban J connectivity index is 1.35. The summed E-state index contributed by atoms with van der Waals surface area (Å²) in [5.41, 5.74) is 1.70. The molecule has 1 aliphatic carbocycles. The van der Waals surface area contributed by atoms with E-state index in [0.717, 1.165) is 24.2 Å². The number of rotatable bonds is 7. The van der Waals surface area contributed by atoms with Gasteiger partial charge in [-0.1, -0.05) is 30.3 Å². The van der Waals surface area contributed by atoms with Gasteiger partial charge < -0.3 is 19.7 Å². The fraction of sp³-hybridized carbons (Fsp3) is 0.409. The second kappa shape index (κ2) is 8.27. The number of hydrogen-bond donors (Lipinski definition) is 1. The maximum Gasteiger partial charge on any atom is 0.387 e. The van der Waals surface area contributed by atoms with Crippen molar-refractivity contribution < 1.29 is 23.0 Å². The lowest BCUT2D eigenvalue weighted by Gasteiger charge is -2.22. The van der Waals surface area contributed by atoms with Gasteiger partial charge in [0.25, 0.3) is 0 Å². The molecule has 0 aromatic heterocycles. The molecule has 1 amide bonds. The van der Waals surface area contributed by atoms with Crippen LogP contribution >= 0.6 is 0 Å². The smallest absolute Gasteiger partial charge is 0.387 e. The molecule has 7 heteroatoms. The third-order valence-corrected chi connectivity index (χ3v) is 5.62. The van der Waals surface area contributed by atoms with Gasteiger partial charge >= 0.3 is 6.61 Å². The summed E-state index contributed by atoms with van der Waals surface area (Å²) in [6.45, 7) is -1.62. The van der Waals surface area contributed by atoms with E-state index in [1.54, 1.807) is 25.3 Å². The zero-order valence-electron chi connectivity index (χ0n) is 16.2. The molecular weight excluding hydrogens is 378 g/mol. The van der Waals surface area contributed by atoms with Crippen molar-refractivity contribution >= 4 is 11.6 Å². The van der Waals surface area contributed by atoms with Gasteiger partial charge in [0.05, 0.1) is 12.8 Å². The Bertz CT molecular complexity index is 877. The van der Waals surface area contributed by atoms with Crippen LogP contribution in [0.4, 0.5) is 14.5 Å². The largest absolute Gasteiger partial charge is 0.496 e. The Morgan fingerprint density at radius 3 is 2.62 bits per heavy atom. The highest BCUT2D eigenvalue weighted by Crippen LogP contribution is 2.50. The van der Waals surface area contributed by atoms with Crippen LogP contribution in [0.25, 0.3) is 0 Å². The molecule has 2 fully saturated rings. The molecule has 1 N–H and O–H groups in total. The highest BCUT2D eigenvalue weighted by atomic mass is 19.3. The Morgan fingerprint density at radius 2 is 1.86 bits per heavy atom. The number of ether oxygens (including phenoxy) is 2. The third kappa shape index (κ3) is 4.28. The topological polar surface area (TPSA) is 50.8 Å². The molecule has 3 unspecified atom stereocenters. The first-order valence-electron chi connectivity index (χ1n) is 9.79. The average molecular weight is 402 g/mol. The van der Waals surface area contributed by atoms with Gasteiger partial charge in [-0.05, 0) is 42.5 Å². The maximum atomic E-state index is 12.7. The number of carbonyl (C=O) groups excluding carboxylic acids is 1. The first kappa shape index (κ1) is 19.5. The molecule has 0 bridgehead atoms. The van der Waals surface area contributed by atoms with Crippen LogP contribution < -0.4 is 19.7 Å². The molecule has 1 saturated carbocycles.